The van der Waals surface area contributed by atoms with Crippen molar-refractivity contribution in [1.82, 2.24) is 10.0 Å². The number of nitrogen functional groups attached to an aromatic ring is 1. The quantitative estimate of drug-likeness (QED) is 0.525. The van der Waals surface area contributed by atoms with Gasteiger partial charge in [-0.2, -0.15) is 0 Å². The van der Waals surface area contributed by atoms with Gasteiger partial charge in [0.25, 0.3) is 10.0 Å². The van der Waals surface area contributed by atoms with Crippen molar-refractivity contribution in [2.24, 2.45) is 0 Å². The summed E-state index contributed by atoms with van der Waals surface area (Å²) in [6.45, 7) is 4.79. The first-order valence-corrected chi connectivity index (χ1v) is 8.07. The number of sulfonamides is 1. The van der Waals surface area contributed by atoms with Crippen molar-refractivity contribution in [3.63, 3.8) is 0 Å². The second-order valence-electron chi connectivity index (χ2n) is 5.19. The predicted octanol–water partition coefficient (Wildman–Crippen LogP) is 0.432. The number of carbonyl (C=O) groups excluding carboxylic acids is 1. The number of nitro groups is 1. The number of nitrogens with one attached hydrogen (secondary N) is 2. The molecule has 1 aromatic heterocycles. The van der Waals surface area contributed by atoms with E-state index in [9.17, 15) is 23.3 Å². The van der Waals surface area contributed by atoms with Gasteiger partial charge in [0.05, 0.1) is 11.5 Å². The third kappa shape index (κ3) is 4.95. The van der Waals surface area contributed by atoms with E-state index in [1.807, 2.05) is 0 Å². The Bertz CT molecular complexity index is 659. The third-order valence-corrected chi connectivity index (χ3v) is 4.94. The van der Waals surface area contributed by atoms with Crippen LogP contribution < -0.4 is 15.8 Å². The summed E-state index contributed by atoms with van der Waals surface area (Å²) < 4.78 is 25.6. The van der Waals surface area contributed by atoms with E-state index in [0.717, 1.165) is 6.07 Å². The molecule has 11 heteroatoms. The normalized spacial score (nSPS) is 12.1. The van der Waals surface area contributed by atoms with Crippen LogP contribution in [0.3, 0.4) is 0 Å². The lowest BCUT2D eigenvalue weighted by Crippen LogP contribution is -2.45. The van der Waals surface area contributed by atoms with Crippen molar-refractivity contribution in [2.45, 2.75) is 30.5 Å². The van der Waals surface area contributed by atoms with Gasteiger partial charge in [-0.15, -0.1) is 0 Å². The van der Waals surface area contributed by atoms with E-state index in [4.69, 9.17) is 5.73 Å². The van der Waals surface area contributed by atoms with Crippen molar-refractivity contribution in [3.8, 4) is 0 Å². The molecule has 0 spiro atoms. The number of rotatable bonds is 5. The molecule has 0 fully saturated rings. The molecule has 0 radical (unpaired) electrons. The lowest BCUT2D eigenvalue weighted by atomic mass is 10.1. The van der Waals surface area contributed by atoms with E-state index < -0.39 is 38.6 Å². The largest absolute Gasteiger partial charge is 0.385 e. The summed E-state index contributed by atoms with van der Waals surface area (Å²) in [6.07, 6.45) is 0. The van der Waals surface area contributed by atoms with Gasteiger partial charge < -0.3 is 11.1 Å². The third-order valence-electron chi connectivity index (χ3n) is 2.12. The monoisotopic (exact) mass is 336 g/mol. The number of thiophene rings is 1. The molecule has 9 nitrogen and oxygen atoms in total. The number of anilines is 1. The molecule has 0 saturated carbocycles. The number of amides is 1. The Labute approximate surface area is 125 Å². The van der Waals surface area contributed by atoms with Crippen molar-refractivity contribution >= 4 is 38.0 Å². The Morgan fingerprint density at radius 3 is 2.48 bits per heavy atom. The minimum absolute atomic E-state index is 0.209. The van der Waals surface area contributed by atoms with E-state index >= 15 is 0 Å². The van der Waals surface area contributed by atoms with Crippen LogP contribution >= 0.6 is 11.3 Å². The van der Waals surface area contributed by atoms with Crippen LogP contribution in [-0.2, 0) is 14.8 Å². The van der Waals surface area contributed by atoms with Gasteiger partial charge in [0.2, 0.25) is 5.91 Å². The van der Waals surface area contributed by atoms with Crippen molar-refractivity contribution in [1.29, 1.82) is 0 Å². The minimum atomic E-state index is -4.02. The van der Waals surface area contributed by atoms with E-state index in [0.29, 0.717) is 11.3 Å². The average Bonchev–Trinajstić information content (AvgIpc) is 2.67. The second kappa shape index (κ2) is 5.95. The van der Waals surface area contributed by atoms with Crippen LogP contribution in [0, 0.1) is 10.1 Å². The van der Waals surface area contributed by atoms with Gasteiger partial charge in [0.1, 0.15) is 4.21 Å². The Balaban J connectivity index is 2.81. The number of hydrogen-bond acceptors (Lipinski definition) is 7. The van der Waals surface area contributed by atoms with Crippen LogP contribution in [0.5, 0.6) is 0 Å². The van der Waals surface area contributed by atoms with E-state index in [1.165, 1.54) is 0 Å². The highest BCUT2D eigenvalue weighted by Gasteiger charge is 2.25. The molecule has 0 aromatic carbocycles. The van der Waals surface area contributed by atoms with Crippen molar-refractivity contribution < 1.29 is 18.1 Å². The Morgan fingerprint density at radius 1 is 1.48 bits per heavy atom. The van der Waals surface area contributed by atoms with Gasteiger partial charge >= 0.3 is 5.69 Å². The molecule has 1 heterocycles. The van der Waals surface area contributed by atoms with Crippen LogP contribution in [0.1, 0.15) is 20.8 Å². The molecule has 0 aliphatic rings. The van der Waals surface area contributed by atoms with Gasteiger partial charge in [-0.3, -0.25) is 14.9 Å². The van der Waals surface area contributed by atoms with Crippen LogP contribution in [0.25, 0.3) is 0 Å². The fourth-order valence-electron chi connectivity index (χ4n) is 1.34. The van der Waals surface area contributed by atoms with Crippen LogP contribution in [0.4, 0.5) is 10.7 Å². The molecule has 0 unspecified atom stereocenters. The molecule has 1 aromatic rings. The first kappa shape index (κ1) is 17.3. The molecular weight excluding hydrogens is 320 g/mol. The zero-order chi connectivity index (χ0) is 16.4. The zero-order valence-electron chi connectivity index (χ0n) is 11.7. The highest BCUT2D eigenvalue weighted by molar-refractivity contribution is 7.91. The molecule has 4 N–H and O–H groups in total. The summed E-state index contributed by atoms with van der Waals surface area (Å²) in [4.78, 5) is 21.4. The molecule has 1 rings (SSSR count). The number of nitrogens with two attached hydrogens (primary N) is 1. The van der Waals surface area contributed by atoms with Gasteiger partial charge in [0, 0.05) is 11.6 Å². The van der Waals surface area contributed by atoms with E-state index in [2.05, 4.69) is 10.0 Å². The predicted molar refractivity (Wildman–Crippen MR) is 78.5 cm³/mol. The van der Waals surface area contributed by atoms with Crippen molar-refractivity contribution in [2.75, 3.05) is 12.3 Å². The maximum atomic E-state index is 11.9. The molecule has 0 saturated heterocycles. The standard InChI is InChI=1S/C10H16N4O5S2/c1-10(2,3)13-7(15)5-12-21(18,19)8-4-6(14(16)17)9(11)20-8/h4,12H,5,11H2,1-3H3,(H,13,15). The summed E-state index contributed by atoms with van der Waals surface area (Å²) in [5.74, 6) is -0.509. The van der Waals surface area contributed by atoms with E-state index in [1.54, 1.807) is 20.8 Å². The van der Waals surface area contributed by atoms with Gasteiger partial charge in [-0.1, -0.05) is 11.3 Å². The Hall–Kier alpha value is -1.72. The first-order valence-electron chi connectivity index (χ1n) is 5.77. The molecule has 0 aliphatic heterocycles. The van der Waals surface area contributed by atoms with Gasteiger partial charge in [0.15, 0.2) is 5.00 Å². The average molecular weight is 336 g/mol. The fraction of sp³-hybridized carbons (Fsp3) is 0.500. The number of nitrogens with zero attached hydrogens (tertiary/aromatic N) is 1. The summed E-state index contributed by atoms with van der Waals surface area (Å²) in [6, 6.07) is 0.865. The number of hydrogen-bond donors (Lipinski definition) is 3. The summed E-state index contributed by atoms with van der Waals surface area (Å²) in [5, 5.41) is 13.0. The summed E-state index contributed by atoms with van der Waals surface area (Å²) >= 11 is 0.568. The summed E-state index contributed by atoms with van der Waals surface area (Å²) in [7, 11) is -4.02. The smallest absolute Gasteiger partial charge is 0.304 e. The molecular formula is C10H16N4O5S2. The zero-order valence-corrected chi connectivity index (χ0v) is 13.3. The Kier molecular flexibility index (Phi) is 4.91. The van der Waals surface area contributed by atoms with Gasteiger partial charge in [-0.25, -0.2) is 13.1 Å². The molecule has 1 amide bonds. The first-order chi connectivity index (χ1) is 9.42. The Morgan fingerprint density at radius 2 is 2.05 bits per heavy atom. The van der Waals surface area contributed by atoms with Crippen LogP contribution in [0.2, 0.25) is 0 Å². The van der Waals surface area contributed by atoms with Gasteiger partial charge in [-0.05, 0) is 20.8 Å². The lowest BCUT2D eigenvalue weighted by Gasteiger charge is -2.20. The highest BCUT2D eigenvalue weighted by atomic mass is 32.2. The fourth-order valence-corrected chi connectivity index (χ4v) is 3.58. The topological polar surface area (TPSA) is 144 Å². The minimum Gasteiger partial charge on any atom is -0.385 e. The highest BCUT2D eigenvalue weighted by Crippen LogP contribution is 2.34. The van der Waals surface area contributed by atoms with Crippen molar-refractivity contribution in [3.05, 3.63) is 16.2 Å². The maximum Gasteiger partial charge on any atom is 0.304 e. The molecule has 0 aliphatic carbocycles. The van der Waals surface area contributed by atoms with E-state index in [-0.39, 0.29) is 9.21 Å². The second-order valence-corrected chi connectivity index (χ2v) is 8.27. The molecule has 0 atom stereocenters. The molecule has 118 valence electrons. The maximum absolute atomic E-state index is 11.9. The number of carbonyl (C=O) groups is 1. The van der Waals surface area contributed by atoms with Crippen LogP contribution in [-0.4, -0.2) is 31.3 Å². The lowest BCUT2D eigenvalue weighted by molar-refractivity contribution is -0.383. The summed E-state index contributed by atoms with van der Waals surface area (Å²) in [5.41, 5.74) is 4.42. The molecule has 21 heavy (non-hydrogen) atoms. The molecule has 0 bridgehead atoms. The SMILES string of the molecule is CC(C)(C)NC(=O)CNS(=O)(=O)c1cc([N+](=O)[O-])c(N)s1. The van der Waals surface area contributed by atoms with Crippen LogP contribution in [0.15, 0.2) is 10.3 Å².